The molecule has 0 spiro atoms. The molecule has 4 fully saturated rings. The van der Waals surface area contributed by atoms with Crippen LogP contribution >= 0.6 is 0 Å². The average Bonchev–Trinajstić information content (AvgIpc) is 2.72. The largest absolute Gasteiger partial charge is 0.478 e. The Morgan fingerprint density at radius 3 is 2.35 bits per heavy atom. The van der Waals surface area contributed by atoms with E-state index in [4.69, 9.17) is 0 Å². The molecule has 2 N–H and O–H groups in total. The number of hydrogen-bond donors (Lipinski definition) is 2. The maximum Gasteiger partial charge on any atom is 0.339 e. The number of anilines is 2. The third-order valence-corrected chi connectivity index (χ3v) is 7.90. The van der Waals surface area contributed by atoms with Crippen LogP contribution in [-0.4, -0.2) is 35.1 Å². The first kappa shape index (κ1) is 22.1. The van der Waals surface area contributed by atoms with Gasteiger partial charge >= 0.3 is 5.97 Å². The summed E-state index contributed by atoms with van der Waals surface area (Å²) in [6.07, 6.45) is 13.3. The number of carbonyl (C=O) groups excluding carboxylic acids is 1. The minimum atomic E-state index is -1.000. The number of amides is 1. The van der Waals surface area contributed by atoms with Crippen molar-refractivity contribution in [2.24, 2.45) is 23.2 Å². The smallest absolute Gasteiger partial charge is 0.339 e. The molecule has 1 amide bonds. The molecule has 6 nitrogen and oxygen atoms in total. The van der Waals surface area contributed by atoms with Gasteiger partial charge in [-0.1, -0.05) is 13.3 Å². The van der Waals surface area contributed by atoms with Crippen molar-refractivity contribution in [3.63, 3.8) is 0 Å². The van der Waals surface area contributed by atoms with E-state index in [1.165, 1.54) is 38.5 Å². The number of unbranched alkanes of at least 4 members (excludes halogenated alkanes) is 1. The van der Waals surface area contributed by atoms with Crippen LogP contribution in [0.4, 0.5) is 11.5 Å². The third-order valence-electron chi connectivity index (χ3n) is 7.90. The molecule has 1 aromatic heterocycles. The monoisotopic (exact) mass is 427 g/mol. The molecule has 5 rings (SSSR count). The van der Waals surface area contributed by atoms with Gasteiger partial charge in [-0.3, -0.25) is 4.79 Å². The molecular weight excluding hydrogens is 390 g/mol. The molecule has 0 radical (unpaired) electrons. The van der Waals surface area contributed by atoms with E-state index in [0.29, 0.717) is 23.3 Å². The molecule has 31 heavy (non-hydrogen) atoms. The molecule has 170 valence electrons. The van der Waals surface area contributed by atoms with Gasteiger partial charge in [0.2, 0.25) is 5.91 Å². The summed E-state index contributed by atoms with van der Waals surface area (Å²) in [4.78, 5) is 30.7. The fraction of sp³-hybridized carbons (Fsp3) is 0.720. The Morgan fingerprint density at radius 1 is 1.16 bits per heavy atom. The molecule has 4 aliphatic carbocycles. The molecule has 6 heteroatoms. The Labute approximate surface area is 185 Å². The maximum atomic E-state index is 12.0. The number of carboxylic acids is 1. The second-order valence-corrected chi connectivity index (χ2v) is 10.3. The van der Waals surface area contributed by atoms with Crippen LogP contribution in [0.15, 0.2) is 12.3 Å². The van der Waals surface area contributed by atoms with Gasteiger partial charge in [0.1, 0.15) is 11.4 Å². The van der Waals surface area contributed by atoms with Crippen molar-refractivity contribution in [2.75, 3.05) is 23.3 Å². The predicted molar refractivity (Wildman–Crippen MR) is 122 cm³/mol. The lowest BCUT2D eigenvalue weighted by atomic mass is 9.49. The van der Waals surface area contributed by atoms with Crippen LogP contribution in [0.2, 0.25) is 0 Å². The summed E-state index contributed by atoms with van der Waals surface area (Å²) in [6, 6.07) is 1.56. The number of aromatic carboxylic acids is 1. The summed E-state index contributed by atoms with van der Waals surface area (Å²) < 4.78 is 0. The van der Waals surface area contributed by atoms with E-state index in [9.17, 15) is 14.7 Å². The second kappa shape index (κ2) is 9.17. The van der Waals surface area contributed by atoms with Gasteiger partial charge in [-0.2, -0.15) is 0 Å². The highest BCUT2D eigenvalue weighted by Gasteiger charge is 2.50. The zero-order valence-electron chi connectivity index (χ0n) is 19.0. The van der Waals surface area contributed by atoms with Crippen molar-refractivity contribution in [3.05, 3.63) is 17.8 Å². The Kier molecular flexibility index (Phi) is 6.54. The SMILES string of the molecule is CCCCC(=O)Nc1cnc(N(CC)CCC23CC4CC(CC(C4)C2)C3)c(C(=O)O)c1. The predicted octanol–water partition coefficient (Wildman–Crippen LogP) is 5.34. The molecule has 0 saturated heterocycles. The molecule has 1 aromatic rings. The Balaban J connectivity index is 1.46. The molecule has 0 atom stereocenters. The highest BCUT2D eigenvalue weighted by Crippen LogP contribution is 2.61. The minimum Gasteiger partial charge on any atom is -0.478 e. The van der Waals surface area contributed by atoms with Gasteiger partial charge in [0.05, 0.1) is 11.9 Å². The minimum absolute atomic E-state index is 0.0955. The number of nitrogens with one attached hydrogen (secondary N) is 1. The Bertz CT molecular complexity index is 787. The second-order valence-electron chi connectivity index (χ2n) is 10.3. The molecule has 4 saturated carbocycles. The van der Waals surface area contributed by atoms with Crippen LogP contribution < -0.4 is 10.2 Å². The van der Waals surface area contributed by atoms with Gasteiger partial charge in [0.15, 0.2) is 0 Å². The first-order valence-corrected chi connectivity index (χ1v) is 12.2. The quantitative estimate of drug-likeness (QED) is 0.526. The first-order valence-electron chi connectivity index (χ1n) is 12.2. The van der Waals surface area contributed by atoms with Gasteiger partial charge in [-0.25, -0.2) is 9.78 Å². The van der Waals surface area contributed by atoms with Crippen molar-refractivity contribution < 1.29 is 14.7 Å². The van der Waals surface area contributed by atoms with Crippen molar-refractivity contribution >= 4 is 23.4 Å². The van der Waals surface area contributed by atoms with Gasteiger partial charge in [0, 0.05) is 19.5 Å². The molecule has 0 aromatic carbocycles. The highest BCUT2D eigenvalue weighted by atomic mass is 16.4. The fourth-order valence-corrected chi connectivity index (χ4v) is 6.88. The Hall–Kier alpha value is -2.11. The van der Waals surface area contributed by atoms with E-state index in [1.54, 1.807) is 12.3 Å². The lowest BCUT2D eigenvalue weighted by Crippen LogP contribution is -2.47. The normalized spacial score (nSPS) is 28.5. The van der Waals surface area contributed by atoms with Gasteiger partial charge < -0.3 is 15.3 Å². The van der Waals surface area contributed by atoms with Crippen LogP contribution in [0.1, 0.15) is 88.4 Å². The summed E-state index contributed by atoms with van der Waals surface area (Å²) in [5, 5.41) is 12.6. The maximum absolute atomic E-state index is 12.0. The van der Waals surface area contributed by atoms with Crippen LogP contribution in [-0.2, 0) is 4.79 Å². The summed E-state index contributed by atoms with van der Waals surface area (Å²) in [6.45, 7) is 5.67. The number of rotatable bonds is 10. The van der Waals surface area contributed by atoms with Gasteiger partial charge in [-0.15, -0.1) is 0 Å². The zero-order valence-corrected chi connectivity index (χ0v) is 19.0. The van der Waals surface area contributed by atoms with Crippen molar-refractivity contribution in [1.82, 2.24) is 4.98 Å². The standard InChI is InChI=1S/C25H37N3O3/c1-3-5-6-22(29)27-20-12-21(24(30)31)23(26-16-20)28(4-2)8-7-25-13-17-9-18(14-25)11-19(10-17)15-25/h12,16-19H,3-11,13-15H2,1-2H3,(H,27,29)(H,30,31). The van der Waals surface area contributed by atoms with E-state index >= 15 is 0 Å². The third kappa shape index (κ3) is 4.88. The number of nitrogens with zero attached hydrogens (tertiary/aromatic N) is 2. The Morgan fingerprint density at radius 2 is 1.81 bits per heavy atom. The van der Waals surface area contributed by atoms with Crippen molar-refractivity contribution in [3.8, 4) is 0 Å². The van der Waals surface area contributed by atoms with E-state index in [1.807, 2.05) is 6.92 Å². The van der Waals surface area contributed by atoms with Crippen LogP contribution in [0.5, 0.6) is 0 Å². The number of hydrogen-bond acceptors (Lipinski definition) is 4. The van der Waals surface area contributed by atoms with Crippen molar-refractivity contribution in [2.45, 2.75) is 78.1 Å². The molecule has 0 aliphatic heterocycles. The van der Waals surface area contributed by atoms with Crippen molar-refractivity contribution in [1.29, 1.82) is 0 Å². The van der Waals surface area contributed by atoms with E-state index in [-0.39, 0.29) is 11.5 Å². The van der Waals surface area contributed by atoms with E-state index in [0.717, 1.165) is 50.1 Å². The lowest BCUT2D eigenvalue weighted by Gasteiger charge is -2.57. The van der Waals surface area contributed by atoms with Gasteiger partial charge in [0.25, 0.3) is 0 Å². The number of aromatic nitrogens is 1. The molecule has 0 unspecified atom stereocenters. The topological polar surface area (TPSA) is 82.5 Å². The van der Waals surface area contributed by atoms with Crippen LogP contribution in [0, 0.1) is 23.2 Å². The number of carboxylic acid groups (broad SMARTS) is 1. The zero-order chi connectivity index (χ0) is 22.0. The summed E-state index contributed by atoms with van der Waals surface area (Å²) >= 11 is 0. The van der Waals surface area contributed by atoms with Gasteiger partial charge in [-0.05, 0) is 87.5 Å². The summed E-state index contributed by atoms with van der Waals surface area (Å²) in [7, 11) is 0. The average molecular weight is 428 g/mol. The summed E-state index contributed by atoms with van der Waals surface area (Å²) in [5.74, 6) is 2.19. The molecular formula is C25H37N3O3. The summed E-state index contributed by atoms with van der Waals surface area (Å²) in [5.41, 5.74) is 1.08. The first-order chi connectivity index (χ1) is 14.9. The lowest BCUT2D eigenvalue weighted by molar-refractivity contribution is -0.116. The van der Waals surface area contributed by atoms with E-state index < -0.39 is 5.97 Å². The molecule has 4 bridgehead atoms. The van der Waals surface area contributed by atoms with E-state index in [2.05, 4.69) is 22.1 Å². The molecule has 1 heterocycles. The van der Waals surface area contributed by atoms with Crippen LogP contribution in [0.25, 0.3) is 0 Å². The molecule has 4 aliphatic rings. The van der Waals surface area contributed by atoms with Crippen LogP contribution in [0.3, 0.4) is 0 Å². The number of carbonyl (C=O) groups is 2. The number of pyridine rings is 1. The fourth-order valence-electron chi connectivity index (χ4n) is 6.88. The highest BCUT2D eigenvalue weighted by molar-refractivity contribution is 5.97.